The van der Waals surface area contributed by atoms with Crippen molar-refractivity contribution >= 4 is 24.0 Å². The molecule has 2 aromatic heterocycles. The van der Waals surface area contributed by atoms with Crippen molar-refractivity contribution in [1.82, 2.24) is 24.6 Å². The summed E-state index contributed by atoms with van der Waals surface area (Å²) in [5.74, 6) is 0.421. The second-order valence-corrected chi connectivity index (χ2v) is 8.39. The molecule has 4 heterocycles. The van der Waals surface area contributed by atoms with Gasteiger partial charge in [0.2, 0.25) is 0 Å². The fourth-order valence-corrected chi connectivity index (χ4v) is 4.61. The number of piperidine rings is 1. The van der Waals surface area contributed by atoms with E-state index in [0.717, 1.165) is 54.1 Å². The highest BCUT2D eigenvalue weighted by atomic mass is 16.3. The second kappa shape index (κ2) is 9.11. The number of hydrogen-bond donors (Lipinski definition) is 3. The van der Waals surface area contributed by atoms with Gasteiger partial charge in [-0.15, -0.1) is 0 Å². The van der Waals surface area contributed by atoms with Crippen LogP contribution < -0.4 is 10.6 Å². The zero-order valence-electron chi connectivity index (χ0n) is 19.0. The number of aliphatic hydroxyl groups excluding tert-OH is 1. The van der Waals surface area contributed by atoms with Crippen LogP contribution in [-0.4, -0.2) is 56.2 Å². The Kier molecular flexibility index (Phi) is 5.85. The summed E-state index contributed by atoms with van der Waals surface area (Å²) in [5, 5.41) is 16.1. The lowest BCUT2D eigenvalue weighted by atomic mass is 9.99. The number of carbonyl (C=O) groups excluding carboxylic acids is 1. The molecule has 9 heteroatoms. The Bertz CT molecular complexity index is 1320. The Morgan fingerprint density at radius 1 is 1.32 bits per heavy atom. The lowest BCUT2D eigenvalue weighted by molar-refractivity contribution is 0.0965. The number of likely N-dealkylation sites (tertiary alicyclic amines) is 1. The fraction of sp³-hybridized carbons (Fsp3) is 0.280. The van der Waals surface area contributed by atoms with Crippen LogP contribution in [0.4, 0.5) is 5.69 Å². The number of hydrogen-bond acceptors (Lipinski definition) is 7. The SMILES string of the molecule is C=N/C(=C\C(=C/C)N1CCC(O)CC1)Nc1ccc(-c2cnc3cnccn23)c2c1C(=O)NC2. The number of rotatable bonds is 6. The molecular weight excluding hydrogens is 430 g/mol. The first-order valence-electron chi connectivity index (χ1n) is 11.4. The van der Waals surface area contributed by atoms with Crippen molar-refractivity contribution < 1.29 is 9.90 Å². The number of benzene rings is 1. The van der Waals surface area contributed by atoms with E-state index in [1.807, 2.05) is 41.8 Å². The van der Waals surface area contributed by atoms with Crippen molar-refractivity contribution in [2.75, 3.05) is 18.4 Å². The molecular formula is C25H27N7O2. The van der Waals surface area contributed by atoms with Gasteiger partial charge >= 0.3 is 0 Å². The monoisotopic (exact) mass is 457 g/mol. The van der Waals surface area contributed by atoms with E-state index in [9.17, 15) is 9.90 Å². The average molecular weight is 458 g/mol. The molecule has 3 aromatic rings. The smallest absolute Gasteiger partial charge is 0.254 e. The molecule has 1 amide bonds. The minimum atomic E-state index is -0.239. The molecule has 2 aliphatic rings. The van der Waals surface area contributed by atoms with Gasteiger partial charge in [-0.2, -0.15) is 0 Å². The van der Waals surface area contributed by atoms with Gasteiger partial charge in [-0.25, -0.2) is 9.98 Å². The quantitative estimate of drug-likeness (QED) is 0.388. The van der Waals surface area contributed by atoms with Crippen LogP contribution in [0, 0.1) is 0 Å². The summed E-state index contributed by atoms with van der Waals surface area (Å²) in [5.41, 5.74) is 5.77. The number of nitrogens with one attached hydrogen (secondary N) is 2. The van der Waals surface area contributed by atoms with Gasteiger partial charge in [-0.3, -0.25) is 14.2 Å². The van der Waals surface area contributed by atoms with E-state index in [-0.39, 0.29) is 12.0 Å². The molecule has 0 spiro atoms. The van der Waals surface area contributed by atoms with Gasteiger partial charge in [-0.05, 0) is 38.1 Å². The van der Waals surface area contributed by atoms with Crippen molar-refractivity contribution in [1.29, 1.82) is 0 Å². The highest BCUT2D eigenvalue weighted by Crippen LogP contribution is 2.35. The molecule has 0 aliphatic carbocycles. The van der Waals surface area contributed by atoms with E-state index in [1.165, 1.54) is 0 Å². The zero-order valence-corrected chi connectivity index (χ0v) is 19.0. The maximum absolute atomic E-state index is 12.8. The third-order valence-corrected chi connectivity index (χ3v) is 6.40. The van der Waals surface area contributed by atoms with Gasteiger partial charge in [0.1, 0.15) is 5.82 Å². The molecule has 1 aromatic carbocycles. The van der Waals surface area contributed by atoms with E-state index < -0.39 is 0 Å². The van der Waals surface area contributed by atoms with Gasteiger partial charge in [0.25, 0.3) is 5.91 Å². The largest absolute Gasteiger partial charge is 0.393 e. The summed E-state index contributed by atoms with van der Waals surface area (Å²) < 4.78 is 1.96. The van der Waals surface area contributed by atoms with Crippen molar-refractivity contribution in [2.45, 2.75) is 32.4 Å². The summed E-state index contributed by atoms with van der Waals surface area (Å²) >= 11 is 0. The number of amides is 1. The van der Waals surface area contributed by atoms with E-state index in [0.29, 0.717) is 23.6 Å². The molecule has 1 fully saturated rings. The highest BCUT2D eigenvalue weighted by Gasteiger charge is 2.27. The third-order valence-electron chi connectivity index (χ3n) is 6.40. The molecule has 0 atom stereocenters. The number of aliphatic imine (C=N–C) groups is 1. The number of imidazole rings is 1. The summed E-state index contributed by atoms with van der Waals surface area (Å²) in [4.78, 5) is 27.8. The number of carbonyl (C=O) groups is 1. The molecule has 0 saturated carbocycles. The molecule has 3 N–H and O–H groups in total. The van der Waals surface area contributed by atoms with Crippen molar-refractivity contribution in [3.05, 3.63) is 71.7 Å². The van der Waals surface area contributed by atoms with Gasteiger partial charge in [0, 0.05) is 49.4 Å². The number of fused-ring (bicyclic) bond motifs is 2. The summed E-state index contributed by atoms with van der Waals surface area (Å²) in [6, 6.07) is 3.89. The van der Waals surface area contributed by atoms with E-state index >= 15 is 0 Å². The first kappa shape index (κ1) is 21.8. The van der Waals surface area contributed by atoms with Gasteiger partial charge < -0.3 is 20.6 Å². The normalized spacial score (nSPS) is 17.1. The van der Waals surface area contributed by atoms with Gasteiger partial charge in [0.05, 0.1) is 35.4 Å². The fourth-order valence-electron chi connectivity index (χ4n) is 4.61. The van der Waals surface area contributed by atoms with Crippen LogP contribution >= 0.6 is 0 Å². The average Bonchev–Trinajstić information content (AvgIpc) is 3.47. The number of aliphatic hydroxyl groups is 1. The minimum absolute atomic E-state index is 0.130. The lowest BCUT2D eigenvalue weighted by Crippen LogP contribution is -2.34. The Labute approximate surface area is 197 Å². The van der Waals surface area contributed by atoms with E-state index in [2.05, 4.69) is 37.2 Å². The van der Waals surface area contributed by atoms with Crippen LogP contribution in [0.15, 0.2) is 65.6 Å². The Morgan fingerprint density at radius 3 is 2.91 bits per heavy atom. The summed E-state index contributed by atoms with van der Waals surface area (Å²) in [6.07, 6.45) is 12.3. The molecule has 34 heavy (non-hydrogen) atoms. The molecule has 0 radical (unpaired) electrons. The molecule has 174 valence electrons. The van der Waals surface area contributed by atoms with E-state index in [4.69, 9.17) is 0 Å². The molecule has 1 saturated heterocycles. The summed E-state index contributed by atoms with van der Waals surface area (Å²) in [7, 11) is 0. The third kappa shape index (κ3) is 3.94. The minimum Gasteiger partial charge on any atom is -0.393 e. The topological polar surface area (TPSA) is 107 Å². The number of allylic oxidation sites excluding steroid dienone is 2. The predicted octanol–water partition coefficient (Wildman–Crippen LogP) is 2.95. The summed E-state index contributed by atoms with van der Waals surface area (Å²) in [6.45, 7) is 7.70. The molecule has 5 rings (SSSR count). The Morgan fingerprint density at radius 2 is 2.15 bits per heavy atom. The molecule has 2 aliphatic heterocycles. The first-order valence-corrected chi connectivity index (χ1v) is 11.4. The predicted molar refractivity (Wildman–Crippen MR) is 131 cm³/mol. The zero-order chi connectivity index (χ0) is 23.7. The highest BCUT2D eigenvalue weighted by molar-refractivity contribution is 6.05. The van der Waals surface area contributed by atoms with Crippen molar-refractivity contribution in [2.24, 2.45) is 4.99 Å². The van der Waals surface area contributed by atoms with Gasteiger partial charge in [0.15, 0.2) is 5.65 Å². The first-order chi connectivity index (χ1) is 16.6. The standard InChI is InChI=1S/C25H27N7O2/c1-3-16(31-9-6-17(33)7-10-31)12-22(26-2)30-20-5-4-18(19-13-29-25(34)24(19)20)21-14-28-23-15-27-8-11-32(21)23/h3-5,8,11-12,14-15,17,30,33H,2,6-7,9-10,13H2,1H3,(H,29,34)/b16-3+,22-12+. The second-order valence-electron chi connectivity index (χ2n) is 8.39. The van der Waals surface area contributed by atoms with Crippen LogP contribution in [0.25, 0.3) is 16.9 Å². The van der Waals surface area contributed by atoms with Crippen LogP contribution in [0.1, 0.15) is 35.7 Å². The van der Waals surface area contributed by atoms with E-state index in [1.54, 1.807) is 18.6 Å². The Balaban J connectivity index is 1.48. The lowest BCUT2D eigenvalue weighted by Gasteiger charge is -2.32. The maximum atomic E-state index is 12.8. The van der Waals surface area contributed by atoms with Crippen molar-refractivity contribution in [3.63, 3.8) is 0 Å². The number of nitrogens with zero attached hydrogens (tertiary/aromatic N) is 5. The molecule has 0 unspecified atom stereocenters. The van der Waals surface area contributed by atoms with Crippen LogP contribution in [0.3, 0.4) is 0 Å². The maximum Gasteiger partial charge on any atom is 0.254 e. The van der Waals surface area contributed by atoms with Gasteiger partial charge in [-0.1, -0.05) is 12.1 Å². The molecule has 9 nitrogen and oxygen atoms in total. The Hall–Kier alpha value is -3.98. The van der Waals surface area contributed by atoms with Crippen LogP contribution in [0.2, 0.25) is 0 Å². The van der Waals surface area contributed by atoms with Crippen molar-refractivity contribution in [3.8, 4) is 11.3 Å². The van der Waals surface area contributed by atoms with Crippen LogP contribution in [0.5, 0.6) is 0 Å². The van der Waals surface area contributed by atoms with Crippen LogP contribution in [-0.2, 0) is 6.54 Å². The number of aromatic nitrogens is 3. The number of anilines is 1. The molecule has 0 bridgehead atoms.